The maximum Gasteiger partial charge on any atom is 1.00 e. The molecule has 0 aliphatic carbocycles. The van der Waals surface area contributed by atoms with Crippen molar-refractivity contribution in [1.82, 2.24) is 4.90 Å². The summed E-state index contributed by atoms with van der Waals surface area (Å²) in [7, 11) is -4.33. The molecule has 1 aliphatic heterocycles. The summed E-state index contributed by atoms with van der Waals surface area (Å²) in [6.07, 6.45) is -1.10. The summed E-state index contributed by atoms with van der Waals surface area (Å²) in [6, 6.07) is 0. The Balaban J connectivity index is 0.00000196. The van der Waals surface area contributed by atoms with Crippen LogP contribution in [0.1, 0.15) is 0 Å². The Morgan fingerprint density at radius 2 is 1.93 bits per heavy atom. The molecule has 0 saturated carbocycles. The van der Waals surface area contributed by atoms with Gasteiger partial charge in [0, 0.05) is 19.6 Å². The average molecular weight is 247 g/mol. The first-order chi connectivity index (χ1) is 6.47. The van der Waals surface area contributed by atoms with Gasteiger partial charge in [0.2, 0.25) is 0 Å². The van der Waals surface area contributed by atoms with E-state index in [1.54, 1.807) is 0 Å². The Morgan fingerprint density at radius 1 is 1.40 bits per heavy atom. The molecule has 1 saturated heterocycles. The Labute approximate surface area is 112 Å². The largest absolute Gasteiger partial charge is 1.00 e. The molecular formula is C7H14NNaO5S. The molecule has 1 fully saturated rings. The van der Waals surface area contributed by atoms with Crippen LogP contribution in [0, 0.1) is 0 Å². The zero-order valence-corrected chi connectivity index (χ0v) is 11.6. The van der Waals surface area contributed by atoms with Crippen LogP contribution in [0.25, 0.3) is 0 Å². The number of hydrogen-bond acceptors (Lipinski definition) is 6. The van der Waals surface area contributed by atoms with Gasteiger partial charge in [0.15, 0.2) is 0 Å². The van der Waals surface area contributed by atoms with E-state index in [4.69, 9.17) is 4.74 Å². The number of morpholine rings is 1. The SMILES string of the molecule is O=S(=O)([O-])CC(O)CN1CCOCC1.[Na+]. The van der Waals surface area contributed by atoms with E-state index in [2.05, 4.69) is 0 Å². The number of nitrogens with zero attached hydrogens (tertiary/aromatic N) is 1. The van der Waals surface area contributed by atoms with Gasteiger partial charge in [0.1, 0.15) is 0 Å². The van der Waals surface area contributed by atoms with Crippen molar-refractivity contribution in [1.29, 1.82) is 0 Å². The molecule has 0 amide bonds. The third-order valence-corrected chi connectivity index (χ3v) is 2.76. The summed E-state index contributed by atoms with van der Waals surface area (Å²) in [5, 5.41) is 9.28. The van der Waals surface area contributed by atoms with Gasteiger partial charge in [-0.15, -0.1) is 0 Å². The number of ether oxygens (including phenoxy) is 1. The fourth-order valence-electron chi connectivity index (χ4n) is 1.37. The van der Waals surface area contributed by atoms with Crippen LogP contribution in [-0.4, -0.2) is 67.7 Å². The van der Waals surface area contributed by atoms with Gasteiger partial charge >= 0.3 is 29.6 Å². The Morgan fingerprint density at radius 3 is 2.40 bits per heavy atom. The topological polar surface area (TPSA) is 89.9 Å². The van der Waals surface area contributed by atoms with Gasteiger partial charge in [0.25, 0.3) is 0 Å². The number of hydrogen-bond donors (Lipinski definition) is 1. The molecule has 1 heterocycles. The maximum absolute atomic E-state index is 10.3. The van der Waals surface area contributed by atoms with Crippen molar-refractivity contribution in [2.75, 3.05) is 38.6 Å². The zero-order valence-electron chi connectivity index (χ0n) is 8.76. The normalized spacial score (nSPS) is 20.7. The fourth-order valence-corrected chi connectivity index (χ4v) is 1.95. The summed E-state index contributed by atoms with van der Waals surface area (Å²) in [6.45, 7) is 2.70. The van der Waals surface area contributed by atoms with Crippen molar-refractivity contribution in [3.63, 3.8) is 0 Å². The Kier molecular flexibility index (Phi) is 7.56. The van der Waals surface area contributed by atoms with Crippen molar-refractivity contribution in [3.8, 4) is 0 Å². The average Bonchev–Trinajstić information content (AvgIpc) is 2.02. The molecule has 1 N–H and O–H groups in total. The third kappa shape index (κ3) is 7.64. The van der Waals surface area contributed by atoms with Crippen LogP contribution >= 0.6 is 0 Å². The molecule has 15 heavy (non-hydrogen) atoms. The summed E-state index contributed by atoms with van der Waals surface area (Å²) in [5.74, 6) is -0.718. The quantitative estimate of drug-likeness (QED) is 0.396. The summed E-state index contributed by atoms with van der Waals surface area (Å²) in [5.41, 5.74) is 0. The number of aliphatic hydroxyl groups is 1. The van der Waals surface area contributed by atoms with Gasteiger partial charge in [-0.1, -0.05) is 0 Å². The molecule has 0 aromatic rings. The van der Waals surface area contributed by atoms with Gasteiger partial charge in [-0.25, -0.2) is 8.42 Å². The Bertz CT molecular complexity index is 265. The molecule has 6 nitrogen and oxygen atoms in total. The molecule has 1 rings (SSSR count). The predicted octanol–water partition coefficient (Wildman–Crippen LogP) is -4.77. The number of rotatable bonds is 4. The van der Waals surface area contributed by atoms with Gasteiger partial charge < -0.3 is 14.4 Å². The summed E-state index contributed by atoms with van der Waals surface area (Å²) in [4.78, 5) is 1.87. The first-order valence-electron chi connectivity index (χ1n) is 4.39. The van der Waals surface area contributed by atoms with E-state index in [0.29, 0.717) is 26.3 Å². The molecular weight excluding hydrogens is 233 g/mol. The number of aliphatic hydroxyl groups excluding tert-OH is 1. The van der Waals surface area contributed by atoms with Crippen molar-refractivity contribution in [2.45, 2.75) is 6.10 Å². The van der Waals surface area contributed by atoms with E-state index >= 15 is 0 Å². The van der Waals surface area contributed by atoms with Crippen LogP contribution in [0.15, 0.2) is 0 Å². The van der Waals surface area contributed by atoms with Gasteiger partial charge in [-0.05, 0) is 0 Å². The van der Waals surface area contributed by atoms with Gasteiger partial charge in [-0.3, -0.25) is 4.90 Å². The second kappa shape index (κ2) is 7.18. The van der Waals surface area contributed by atoms with Crippen LogP contribution in [-0.2, 0) is 14.9 Å². The van der Waals surface area contributed by atoms with Crippen molar-refractivity contribution in [2.24, 2.45) is 0 Å². The zero-order chi connectivity index (χ0) is 10.6. The van der Waals surface area contributed by atoms with E-state index in [9.17, 15) is 18.1 Å². The van der Waals surface area contributed by atoms with Crippen LogP contribution in [0.4, 0.5) is 0 Å². The van der Waals surface area contributed by atoms with E-state index in [1.807, 2.05) is 4.90 Å². The fraction of sp³-hybridized carbons (Fsp3) is 1.00. The molecule has 1 unspecified atom stereocenters. The second-order valence-electron chi connectivity index (χ2n) is 3.29. The van der Waals surface area contributed by atoms with Crippen LogP contribution in [0.2, 0.25) is 0 Å². The van der Waals surface area contributed by atoms with Gasteiger partial charge in [-0.2, -0.15) is 0 Å². The Hall–Kier alpha value is 0.790. The second-order valence-corrected chi connectivity index (χ2v) is 4.74. The molecule has 0 aromatic carbocycles. The molecule has 8 heteroatoms. The van der Waals surface area contributed by atoms with Crippen LogP contribution in [0.3, 0.4) is 0 Å². The molecule has 0 radical (unpaired) electrons. The first kappa shape index (κ1) is 15.8. The minimum Gasteiger partial charge on any atom is -0.748 e. The standard InChI is InChI=1S/C7H15NO5S.Na/c9-7(6-14(10,11)12)5-8-1-3-13-4-2-8;/h7,9H,1-6H2,(H,10,11,12);/q;+1/p-1. The van der Waals surface area contributed by atoms with E-state index in [-0.39, 0.29) is 36.1 Å². The van der Waals surface area contributed by atoms with Crippen molar-refractivity contribution >= 4 is 10.1 Å². The minimum absolute atomic E-state index is 0. The molecule has 84 valence electrons. The summed E-state index contributed by atoms with van der Waals surface area (Å²) >= 11 is 0. The van der Waals surface area contributed by atoms with Gasteiger partial charge in [0.05, 0.1) is 35.2 Å². The van der Waals surface area contributed by atoms with E-state index in [0.717, 1.165) is 0 Å². The summed E-state index contributed by atoms with van der Waals surface area (Å²) < 4.78 is 36.1. The molecule has 0 aromatic heterocycles. The van der Waals surface area contributed by atoms with Crippen molar-refractivity contribution in [3.05, 3.63) is 0 Å². The minimum atomic E-state index is -4.33. The maximum atomic E-state index is 10.3. The number of β-amino-alcohol motifs (C(OH)–C–C–N with tert-alkyl or cyclic N) is 1. The first-order valence-corrected chi connectivity index (χ1v) is 5.97. The predicted molar refractivity (Wildman–Crippen MR) is 47.8 cm³/mol. The smallest absolute Gasteiger partial charge is 0.748 e. The molecule has 1 aliphatic rings. The van der Waals surface area contributed by atoms with Crippen molar-refractivity contribution < 1.29 is 52.4 Å². The van der Waals surface area contributed by atoms with Crippen LogP contribution in [0.5, 0.6) is 0 Å². The third-order valence-electron chi connectivity index (χ3n) is 1.97. The molecule has 0 spiro atoms. The molecule has 1 atom stereocenters. The van der Waals surface area contributed by atoms with E-state index < -0.39 is 22.0 Å². The van der Waals surface area contributed by atoms with E-state index in [1.165, 1.54) is 0 Å². The van der Waals surface area contributed by atoms with Crippen LogP contribution < -0.4 is 29.6 Å². The monoisotopic (exact) mass is 247 g/mol. The molecule has 0 bridgehead atoms.